The maximum Gasteiger partial charge on any atom is 0.234 e. The number of nitrogens with zero attached hydrogens (tertiary/aromatic N) is 4. The average molecular weight is 437 g/mol. The highest BCUT2D eigenvalue weighted by Crippen LogP contribution is 2.21. The van der Waals surface area contributed by atoms with Crippen molar-refractivity contribution in [2.24, 2.45) is 0 Å². The number of hydrogen-bond donors (Lipinski definition) is 2. The van der Waals surface area contributed by atoms with Crippen molar-refractivity contribution in [1.82, 2.24) is 20.1 Å². The molecule has 0 atom stereocenters. The van der Waals surface area contributed by atoms with Gasteiger partial charge in [-0.1, -0.05) is 49.0 Å². The monoisotopic (exact) mass is 436 g/mol. The van der Waals surface area contributed by atoms with Gasteiger partial charge in [0.1, 0.15) is 5.82 Å². The minimum Gasteiger partial charge on any atom is -0.369 e. The van der Waals surface area contributed by atoms with Crippen molar-refractivity contribution in [3.05, 3.63) is 66.0 Å². The van der Waals surface area contributed by atoms with Crippen molar-refractivity contribution in [2.75, 3.05) is 42.1 Å². The summed E-state index contributed by atoms with van der Waals surface area (Å²) in [5.41, 5.74) is 3.36. The Hall–Kier alpha value is -2.84. The lowest BCUT2D eigenvalue weighted by Gasteiger charge is -2.36. The van der Waals surface area contributed by atoms with Crippen molar-refractivity contribution in [3.8, 4) is 0 Å². The minimum absolute atomic E-state index is 0.0601. The number of carbonyl (C=O) groups is 1. The Morgan fingerprint density at radius 1 is 1.06 bits per heavy atom. The Bertz CT molecular complexity index is 967. The molecule has 2 N–H and O–H groups in total. The number of hydrogen-bond acceptors (Lipinski definition) is 6. The molecule has 4 rings (SSSR count). The van der Waals surface area contributed by atoms with Crippen LogP contribution in [0.4, 0.5) is 11.4 Å². The van der Waals surface area contributed by atoms with Gasteiger partial charge >= 0.3 is 0 Å². The maximum atomic E-state index is 12.2. The van der Waals surface area contributed by atoms with E-state index in [4.69, 9.17) is 0 Å². The van der Waals surface area contributed by atoms with Crippen LogP contribution in [0.2, 0.25) is 0 Å². The summed E-state index contributed by atoms with van der Waals surface area (Å²) in [5.74, 6) is 1.06. The van der Waals surface area contributed by atoms with E-state index in [1.165, 1.54) is 23.0 Å². The zero-order chi connectivity index (χ0) is 21.5. The third-order valence-corrected chi connectivity index (χ3v) is 6.16. The van der Waals surface area contributed by atoms with E-state index in [0.29, 0.717) is 5.16 Å². The predicted octanol–water partition coefficient (Wildman–Crippen LogP) is 3.42. The fourth-order valence-corrected chi connectivity index (χ4v) is 4.21. The molecule has 2 aromatic carbocycles. The van der Waals surface area contributed by atoms with E-state index in [9.17, 15) is 4.79 Å². The lowest BCUT2D eigenvalue weighted by atomic mass is 10.2. The summed E-state index contributed by atoms with van der Waals surface area (Å²) in [6, 6.07) is 18.7. The molecule has 0 bridgehead atoms. The molecule has 1 aromatic heterocycles. The summed E-state index contributed by atoms with van der Waals surface area (Å²) in [6.07, 6.45) is 0.800. The first-order valence-corrected chi connectivity index (χ1v) is 11.6. The van der Waals surface area contributed by atoms with E-state index in [1.54, 1.807) is 0 Å². The van der Waals surface area contributed by atoms with Crippen LogP contribution in [0.3, 0.4) is 0 Å². The maximum absolute atomic E-state index is 12.2. The number of piperazine rings is 1. The van der Waals surface area contributed by atoms with Gasteiger partial charge in [0, 0.05) is 50.5 Å². The van der Waals surface area contributed by atoms with E-state index >= 15 is 0 Å². The zero-order valence-electron chi connectivity index (χ0n) is 17.8. The van der Waals surface area contributed by atoms with Crippen LogP contribution in [0.25, 0.3) is 0 Å². The summed E-state index contributed by atoms with van der Waals surface area (Å²) in [7, 11) is 0. The van der Waals surface area contributed by atoms with Gasteiger partial charge in [-0.15, -0.1) is 5.10 Å². The first-order chi connectivity index (χ1) is 15.2. The molecular weight excluding hydrogens is 408 g/mol. The van der Waals surface area contributed by atoms with Crippen LogP contribution < -0.4 is 10.2 Å². The van der Waals surface area contributed by atoms with Crippen molar-refractivity contribution in [1.29, 1.82) is 0 Å². The van der Waals surface area contributed by atoms with Crippen LogP contribution in [0.1, 0.15) is 18.3 Å². The van der Waals surface area contributed by atoms with Crippen LogP contribution in [0.5, 0.6) is 0 Å². The molecule has 7 nitrogen and oxygen atoms in total. The fourth-order valence-electron chi connectivity index (χ4n) is 3.59. The average Bonchev–Trinajstić information content (AvgIpc) is 3.28. The smallest absolute Gasteiger partial charge is 0.234 e. The van der Waals surface area contributed by atoms with Gasteiger partial charge in [-0.3, -0.25) is 14.8 Å². The number of anilines is 2. The van der Waals surface area contributed by atoms with Gasteiger partial charge in [0.05, 0.1) is 5.75 Å². The van der Waals surface area contributed by atoms with E-state index in [2.05, 4.69) is 72.8 Å². The largest absolute Gasteiger partial charge is 0.369 e. The van der Waals surface area contributed by atoms with Gasteiger partial charge in [0.15, 0.2) is 0 Å². The first-order valence-electron chi connectivity index (χ1n) is 10.6. The predicted molar refractivity (Wildman–Crippen MR) is 125 cm³/mol. The highest BCUT2D eigenvalue weighted by molar-refractivity contribution is 7.99. The Morgan fingerprint density at radius 3 is 2.48 bits per heavy atom. The van der Waals surface area contributed by atoms with E-state index in [1.807, 2.05) is 19.1 Å². The Morgan fingerprint density at radius 2 is 1.81 bits per heavy atom. The number of amides is 1. The molecule has 0 spiro atoms. The summed E-state index contributed by atoms with van der Waals surface area (Å²) >= 11 is 1.33. The van der Waals surface area contributed by atoms with Crippen LogP contribution in [0.15, 0.2) is 59.8 Å². The number of nitrogens with one attached hydrogen (secondary N) is 2. The number of H-pyrrole nitrogens is 1. The number of rotatable bonds is 8. The fraction of sp³-hybridized carbons (Fsp3) is 0.348. The SMILES string of the molecule is CCc1nc(SCC(=O)Nc2ccc(N3CCN(Cc4ccccc4)CC3)cc2)n[nH]1. The second-order valence-electron chi connectivity index (χ2n) is 7.55. The van der Waals surface area contributed by atoms with Crippen molar-refractivity contribution in [3.63, 3.8) is 0 Å². The molecule has 1 amide bonds. The summed E-state index contributed by atoms with van der Waals surface area (Å²) in [6.45, 7) is 7.12. The summed E-state index contributed by atoms with van der Waals surface area (Å²) < 4.78 is 0. The third-order valence-electron chi connectivity index (χ3n) is 5.32. The van der Waals surface area contributed by atoms with Crippen molar-refractivity contribution >= 4 is 29.0 Å². The molecule has 2 heterocycles. The number of aromatic nitrogens is 3. The van der Waals surface area contributed by atoms with Crippen molar-refractivity contribution < 1.29 is 4.79 Å². The number of benzene rings is 2. The van der Waals surface area contributed by atoms with Crippen LogP contribution in [-0.4, -0.2) is 57.9 Å². The molecule has 0 saturated carbocycles. The van der Waals surface area contributed by atoms with E-state index in [-0.39, 0.29) is 11.7 Å². The molecule has 31 heavy (non-hydrogen) atoms. The Balaban J connectivity index is 1.22. The van der Waals surface area contributed by atoms with Crippen LogP contribution >= 0.6 is 11.8 Å². The second kappa shape index (κ2) is 10.5. The molecule has 1 aliphatic rings. The molecule has 1 fully saturated rings. The highest BCUT2D eigenvalue weighted by atomic mass is 32.2. The molecule has 0 radical (unpaired) electrons. The third kappa shape index (κ3) is 6.08. The van der Waals surface area contributed by atoms with Gasteiger partial charge in [-0.25, -0.2) is 4.98 Å². The zero-order valence-corrected chi connectivity index (χ0v) is 18.6. The first kappa shape index (κ1) is 21.4. The minimum atomic E-state index is -0.0601. The van der Waals surface area contributed by atoms with E-state index < -0.39 is 0 Å². The van der Waals surface area contributed by atoms with Crippen LogP contribution in [0, 0.1) is 0 Å². The number of carbonyl (C=O) groups excluding carboxylic acids is 1. The van der Waals surface area contributed by atoms with E-state index in [0.717, 1.165) is 50.7 Å². The molecule has 1 aliphatic heterocycles. The normalized spacial score (nSPS) is 14.5. The Labute approximate surface area is 187 Å². The van der Waals surface area contributed by atoms with Crippen molar-refractivity contribution in [2.45, 2.75) is 25.0 Å². The number of thioether (sulfide) groups is 1. The highest BCUT2D eigenvalue weighted by Gasteiger charge is 2.17. The van der Waals surface area contributed by atoms with Crippen LogP contribution in [-0.2, 0) is 17.8 Å². The molecule has 0 aliphatic carbocycles. The molecule has 0 unspecified atom stereocenters. The topological polar surface area (TPSA) is 77.2 Å². The standard InChI is InChI=1S/C23H28N6OS/c1-2-21-25-23(27-26-21)31-17-22(30)24-19-8-10-20(11-9-19)29-14-12-28(13-15-29)16-18-6-4-3-5-7-18/h3-11H,2,12-17H2,1H3,(H,24,30)(H,25,26,27). The second-order valence-corrected chi connectivity index (χ2v) is 8.49. The molecule has 3 aromatic rings. The lowest BCUT2D eigenvalue weighted by molar-refractivity contribution is -0.113. The molecule has 1 saturated heterocycles. The van der Waals surface area contributed by atoms with Gasteiger partial charge in [-0.05, 0) is 29.8 Å². The number of aryl methyl sites for hydroxylation is 1. The Kier molecular flexibility index (Phi) is 7.22. The van der Waals surface area contributed by atoms with Gasteiger partial charge in [0.2, 0.25) is 11.1 Å². The summed E-state index contributed by atoms with van der Waals surface area (Å²) in [5, 5.41) is 10.5. The van der Waals surface area contributed by atoms with Gasteiger partial charge in [-0.2, -0.15) is 0 Å². The van der Waals surface area contributed by atoms with Gasteiger partial charge < -0.3 is 10.2 Å². The lowest BCUT2D eigenvalue weighted by Crippen LogP contribution is -2.45. The quantitative estimate of drug-likeness (QED) is 0.527. The molecule has 8 heteroatoms. The molecular formula is C23H28N6OS. The summed E-state index contributed by atoms with van der Waals surface area (Å²) in [4.78, 5) is 21.4. The number of aromatic amines is 1. The molecule has 162 valence electrons. The van der Waals surface area contributed by atoms with Gasteiger partial charge in [0.25, 0.3) is 0 Å².